The van der Waals surface area contributed by atoms with Gasteiger partial charge >= 0.3 is 0 Å². The lowest BCUT2D eigenvalue weighted by Crippen LogP contribution is -1.97. The first-order valence-corrected chi connectivity index (χ1v) is 17.6. The van der Waals surface area contributed by atoms with Crippen LogP contribution in [0, 0.1) is 13.8 Å². The van der Waals surface area contributed by atoms with Crippen molar-refractivity contribution in [2.45, 2.75) is 13.8 Å². The standard InChI is InChI=1S/C22H17NO3.C16H12BrNO3.C6H5B.2H2O/c1-14-17(15-7-4-3-5-8-15)9-6-10-18(14)22-23-19-11-16(13-24)20(25-2)12-21(19)26-22;1-9-11(4-3-5-12(9)17)16-18-13-6-10(8-19)14(20-2)7-15(13)21-16;7-6-4-2-1-3-5-6;;/h3-13H,1-2H3;3-8H,1-2H3;1-5H;2*1H2. The Morgan fingerprint density at radius 3 is 1.48 bits per heavy atom. The maximum Gasteiger partial charge on any atom is 0.227 e. The van der Waals surface area contributed by atoms with E-state index in [1.807, 2.05) is 85.8 Å². The highest BCUT2D eigenvalue weighted by atomic mass is 79.9. The highest BCUT2D eigenvalue weighted by molar-refractivity contribution is 9.10. The number of methoxy groups -OCH3 is 2. The second-order valence-corrected chi connectivity index (χ2v) is 12.9. The molecule has 0 unspecified atom stereocenters. The van der Waals surface area contributed by atoms with Gasteiger partial charge in [0, 0.05) is 27.7 Å². The summed E-state index contributed by atoms with van der Waals surface area (Å²) in [5.41, 5.74) is 10.4. The number of hydrogen-bond donors (Lipinski definition) is 0. The Morgan fingerprint density at radius 1 is 0.589 bits per heavy atom. The number of rotatable bonds is 7. The van der Waals surface area contributed by atoms with Crippen LogP contribution in [0.25, 0.3) is 56.2 Å². The molecule has 0 saturated carbocycles. The van der Waals surface area contributed by atoms with Gasteiger partial charge in [-0.1, -0.05) is 100 Å². The normalized spacial score (nSPS) is 10.2. The molecule has 10 nitrogen and oxygen atoms in total. The van der Waals surface area contributed by atoms with Crippen LogP contribution in [-0.2, 0) is 0 Å². The molecule has 12 heteroatoms. The maximum absolute atomic E-state index is 11.2. The van der Waals surface area contributed by atoms with Gasteiger partial charge in [-0.25, -0.2) is 9.97 Å². The summed E-state index contributed by atoms with van der Waals surface area (Å²) < 4.78 is 23.2. The van der Waals surface area contributed by atoms with Crippen LogP contribution in [0.1, 0.15) is 31.8 Å². The molecule has 0 atom stereocenters. The van der Waals surface area contributed by atoms with Crippen molar-refractivity contribution in [3.8, 4) is 45.5 Å². The molecule has 0 amide bonds. The summed E-state index contributed by atoms with van der Waals surface area (Å²) in [4.78, 5) is 31.3. The first-order chi connectivity index (χ1) is 26.2. The number of nitrogens with zero attached hydrogens (tertiary/aromatic N) is 2. The molecule has 2 heterocycles. The number of ether oxygens (including phenoxy) is 2. The Bertz CT molecular complexity index is 2570. The Hall–Kier alpha value is -6.34. The van der Waals surface area contributed by atoms with Gasteiger partial charge < -0.3 is 29.3 Å². The van der Waals surface area contributed by atoms with Crippen LogP contribution in [0.3, 0.4) is 0 Å². The van der Waals surface area contributed by atoms with Crippen molar-refractivity contribution in [3.63, 3.8) is 0 Å². The highest BCUT2D eigenvalue weighted by Crippen LogP contribution is 2.35. The van der Waals surface area contributed by atoms with Crippen LogP contribution < -0.4 is 14.9 Å². The summed E-state index contributed by atoms with van der Waals surface area (Å²) in [5, 5.41) is 0. The van der Waals surface area contributed by atoms with E-state index in [1.165, 1.54) is 14.2 Å². The number of carbonyl (C=O) groups excluding carboxylic acids is 2. The van der Waals surface area contributed by atoms with E-state index in [0.717, 1.165) is 55.9 Å². The lowest BCUT2D eigenvalue weighted by molar-refractivity contribution is 0.111. The molecule has 56 heavy (non-hydrogen) atoms. The zero-order valence-electron chi connectivity index (χ0n) is 31.0. The van der Waals surface area contributed by atoms with Gasteiger partial charge in [0.2, 0.25) is 11.8 Å². The van der Waals surface area contributed by atoms with Crippen molar-refractivity contribution in [2.75, 3.05) is 14.2 Å². The van der Waals surface area contributed by atoms with Crippen LogP contribution in [-0.4, -0.2) is 55.6 Å². The molecule has 8 rings (SSSR count). The number of benzene rings is 6. The van der Waals surface area contributed by atoms with Gasteiger partial charge in [-0.3, -0.25) is 9.59 Å². The first-order valence-electron chi connectivity index (χ1n) is 16.8. The molecule has 0 saturated heterocycles. The minimum atomic E-state index is 0. The van der Waals surface area contributed by atoms with Gasteiger partial charge in [-0.15, -0.1) is 0 Å². The van der Waals surface area contributed by atoms with Gasteiger partial charge in [-0.2, -0.15) is 0 Å². The predicted octanol–water partition coefficient (Wildman–Crippen LogP) is 8.51. The van der Waals surface area contributed by atoms with E-state index in [1.54, 1.807) is 24.3 Å². The Morgan fingerprint density at radius 2 is 1.04 bits per heavy atom. The molecule has 0 aliphatic heterocycles. The lowest BCUT2D eigenvalue weighted by atomic mass is 9.96. The Labute approximate surface area is 333 Å². The zero-order valence-corrected chi connectivity index (χ0v) is 32.6. The molecular weight excluding hydrogens is 775 g/mol. The van der Waals surface area contributed by atoms with E-state index in [4.69, 9.17) is 26.2 Å². The minimum absolute atomic E-state index is 0. The second kappa shape index (κ2) is 19.3. The molecule has 2 aromatic heterocycles. The SMILES string of the molecule is COc1cc2oc(-c3cccc(-c4ccccc4)c3C)nc2cc1C=O.COc1cc2oc(-c3cccc(Br)c3C)nc2cc1C=O.O.O.[B]c1ccccc1. The minimum Gasteiger partial charge on any atom is -0.496 e. The molecule has 2 radical (unpaired) electrons. The van der Waals surface area contributed by atoms with Crippen molar-refractivity contribution in [1.82, 2.24) is 9.97 Å². The number of halogens is 1. The Kier molecular flexibility index (Phi) is 14.6. The van der Waals surface area contributed by atoms with Gasteiger partial charge in [0.25, 0.3) is 0 Å². The summed E-state index contributed by atoms with van der Waals surface area (Å²) in [6.07, 6.45) is 1.50. The van der Waals surface area contributed by atoms with Crippen molar-refractivity contribution in [1.29, 1.82) is 0 Å². The van der Waals surface area contributed by atoms with Crippen LogP contribution in [0.2, 0.25) is 0 Å². The number of hydrogen-bond acceptors (Lipinski definition) is 8. The highest BCUT2D eigenvalue weighted by Gasteiger charge is 2.17. The number of aromatic nitrogens is 2. The summed E-state index contributed by atoms with van der Waals surface area (Å²) in [5.74, 6) is 2.01. The molecule has 0 spiro atoms. The fraction of sp³-hybridized carbons (Fsp3) is 0.0909. The summed E-state index contributed by atoms with van der Waals surface area (Å²) in [6.45, 7) is 4.05. The van der Waals surface area contributed by atoms with Crippen LogP contribution >= 0.6 is 15.9 Å². The monoisotopic (exact) mass is 812 g/mol. The van der Waals surface area contributed by atoms with Gasteiger partial charge in [-0.05, 0) is 66.4 Å². The molecule has 4 N–H and O–H groups in total. The molecule has 0 fully saturated rings. The number of carbonyl (C=O) groups is 2. The number of aldehydes is 2. The molecule has 0 aliphatic rings. The van der Waals surface area contributed by atoms with Crippen molar-refractivity contribution >= 4 is 64.0 Å². The summed E-state index contributed by atoms with van der Waals surface area (Å²) in [6, 6.07) is 38.4. The Balaban J connectivity index is 0.000000208. The zero-order chi connectivity index (χ0) is 38.2. The molecule has 282 valence electrons. The van der Waals surface area contributed by atoms with Gasteiger partial charge in [0.05, 0.1) is 25.3 Å². The molecule has 8 aromatic rings. The third kappa shape index (κ3) is 9.30. The van der Waals surface area contributed by atoms with E-state index in [0.29, 0.717) is 56.6 Å². The third-order valence-electron chi connectivity index (χ3n) is 8.68. The molecule has 6 aromatic carbocycles. The van der Waals surface area contributed by atoms with E-state index in [9.17, 15) is 9.59 Å². The first kappa shape index (κ1) is 42.4. The summed E-state index contributed by atoms with van der Waals surface area (Å²) >= 11 is 3.50. The predicted molar refractivity (Wildman–Crippen MR) is 224 cm³/mol. The van der Waals surface area contributed by atoms with E-state index >= 15 is 0 Å². The maximum atomic E-state index is 11.2. The number of fused-ring (bicyclic) bond motifs is 2. The summed E-state index contributed by atoms with van der Waals surface area (Å²) in [7, 11) is 8.40. The molecule has 0 aliphatic carbocycles. The van der Waals surface area contributed by atoms with Crippen molar-refractivity contribution in [2.24, 2.45) is 0 Å². The van der Waals surface area contributed by atoms with Crippen LogP contribution in [0.15, 0.2) is 135 Å². The largest absolute Gasteiger partial charge is 0.496 e. The number of oxazole rings is 2. The average molecular weight is 814 g/mol. The van der Waals surface area contributed by atoms with Crippen LogP contribution in [0.4, 0.5) is 0 Å². The van der Waals surface area contributed by atoms with E-state index in [-0.39, 0.29) is 11.0 Å². The fourth-order valence-corrected chi connectivity index (χ4v) is 6.17. The van der Waals surface area contributed by atoms with E-state index in [2.05, 4.69) is 51.0 Å². The smallest absolute Gasteiger partial charge is 0.227 e. The van der Waals surface area contributed by atoms with Gasteiger partial charge in [0.15, 0.2) is 23.7 Å². The third-order valence-corrected chi connectivity index (χ3v) is 9.54. The topological polar surface area (TPSA) is 168 Å². The van der Waals surface area contributed by atoms with Crippen molar-refractivity contribution in [3.05, 3.63) is 148 Å². The van der Waals surface area contributed by atoms with E-state index < -0.39 is 0 Å². The van der Waals surface area contributed by atoms with Gasteiger partial charge in [0.1, 0.15) is 30.4 Å². The molecule has 0 bridgehead atoms. The van der Waals surface area contributed by atoms with Crippen molar-refractivity contribution < 1.29 is 38.8 Å². The second-order valence-electron chi connectivity index (χ2n) is 12.1. The fourth-order valence-electron chi connectivity index (χ4n) is 5.80. The van der Waals surface area contributed by atoms with Crippen LogP contribution in [0.5, 0.6) is 11.5 Å². The molecular formula is C44H38BBrN2O8. The quantitative estimate of drug-likeness (QED) is 0.114. The average Bonchev–Trinajstić information content (AvgIpc) is 3.82. The lowest BCUT2D eigenvalue weighted by Gasteiger charge is -2.09.